The number of halogens is 5. The molecule has 2 aromatic rings. The average Bonchev–Trinajstić information content (AvgIpc) is 2.95. The Balaban J connectivity index is 1.75. The molecule has 3 atom stereocenters. The summed E-state index contributed by atoms with van der Waals surface area (Å²) in [5, 5.41) is 22.0. The minimum Gasteiger partial charge on any atom is -0.505 e. The van der Waals surface area contributed by atoms with E-state index >= 15 is 0 Å². The van der Waals surface area contributed by atoms with Crippen LogP contribution >= 0.6 is 66.3 Å². The fourth-order valence-corrected chi connectivity index (χ4v) is 6.59. The molecule has 4 N–H and O–H groups in total. The van der Waals surface area contributed by atoms with E-state index < -0.39 is 49.1 Å². The SMILES string of the molecule is O=C1C=CC2C(=C1Cl)Oc1c(cc(Cl)c(O)c1Cl)C2c1c(Cl)c(C(=O)NCCCCCCO[P+](=O)O)cc(Cl)c1C(=O)O. The molecule has 3 unspecified atom stereocenters. The van der Waals surface area contributed by atoms with E-state index in [0.29, 0.717) is 25.7 Å². The summed E-state index contributed by atoms with van der Waals surface area (Å²) in [6.45, 7) is 0.390. The summed E-state index contributed by atoms with van der Waals surface area (Å²) >= 11 is 32.2. The van der Waals surface area contributed by atoms with Crippen molar-refractivity contribution in [2.24, 2.45) is 5.92 Å². The molecule has 0 spiro atoms. The number of phenols is 1. The second-order valence-corrected chi connectivity index (χ2v) is 12.2. The van der Waals surface area contributed by atoms with Crippen molar-refractivity contribution in [3.8, 4) is 11.5 Å². The van der Waals surface area contributed by atoms with Crippen LogP contribution in [0.1, 0.15) is 63.4 Å². The van der Waals surface area contributed by atoms with Gasteiger partial charge in [-0.15, -0.1) is 9.42 Å². The zero-order chi connectivity index (χ0) is 31.6. The van der Waals surface area contributed by atoms with Gasteiger partial charge in [-0.05, 0) is 36.6 Å². The molecule has 0 saturated heterocycles. The lowest BCUT2D eigenvalue weighted by molar-refractivity contribution is -0.111. The molecule has 1 heterocycles. The molecule has 1 aliphatic heterocycles. The quantitative estimate of drug-likeness (QED) is 0.138. The fourth-order valence-electron chi connectivity index (χ4n) is 4.92. The van der Waals surface area contributed by atoms with Gasteiger partial charge in [0, 0.05) is 28.5 Å². The molecule has 1 amide bonds. The molecule has 0 bridgehead atoms. The van der Waals surface area contributed by atoms with Crippen molar-refractivity contribution in [3.63, 3.8) is 0 Å². The Morgan fingerprint density at radius 2 is 1.72 bits per heavy atom. The highest BCUT2D eigenvalue weighted by Crippen LogP contribution is 2.56. The van der Waals surface area contributed by atoms with Gasteiger partial charge in [0.25, 0.3) is 5.91 Å². The Morgan fingerprint density at radius 1 is 1.02 bits per heavy atom. The van der Waals surface area contributed by atoms with Gasteiger partial charge in [0.05, 0.1) is 26.2 Å². The molecule has 2 aliphatic rings. The van der Waals surface area contributed by atoms with Gasteiger partial charge in [-0.3, -0.25) is 9.59 Å². The Morgan fingerprint density at radius 3 is 2.40 bits per heavy atom. The number of carboxylic acid groups (broad SMARTS) is 1. The van der Waals surface area contributed by atoms with Crippen molar-refractivity contribution in [2.45, 2.75) is 31.6 Å². The number of carbonyl (C=O) groups excluding carboxylic acids is 2. The maximum atomic E-state index is 13.2. The molecular formula is C27H22Cl5NO9P+. The number of rotatable bonds is 11. The molecule has 10 nitrogen and oxygen atoms in total. The summed E-state index contributed by atoms with van der Waals surface area (Å²) < 4.78 is 21.0. The molecule has 0 aromatic heterocycles. The molecule has 0 radical (unpaired) electrons. The number of amides is 1. The Bertz CT molecular complexity index is 1590. The third-order valence-corrected chi connectivity index (χ3v) is 8.97. The molecular weight excluding hydrogens is 691 g/mol. The van der Waals surface area contributed by atoms with Gasteiger partial charge in [0.15, 0.2) is 17.3 Å². The maximum absolute atomic E-state index is 13.2. The maximum Gasteiger partial charge on any atom is 0.694 e. The third-order valence-electron chi connectivity index (χ3n) is 6.85. The summed E-state index contributed by atoms with van der Waals surface area (Å²) in [6, 6.07) is 2.48. The van der Waals surface area contributed by atoms with Crippen LogP contribution in [0.5, 0.6) is 11.5 Å². The summed E-state index contributed by atoms with van der Waals surface area (Å²) in [5.74, 6) is -5.32. The van der Waals surface area contributed by atoms with E-state index in [9.17, 15) is 29.2 Å². The summed E-state index contributed by atoms with van der Waals surface area (Å²) in [4.78, 5) is 46.8. The predicted molar refractivity (Wildman–Crippen MR) is 161 cm³/mol. The van der Waals surface area contributed by atoms with Crippen LogP contribution < -0.4 is 10.1 Å². The first kappa shape index (κ1) is 33.5. The number of benzene rings is 2. The number of allylic oxidation sites excluding steroid dienone is 3. The van der Waals surface area contributed by atoms with E-state index in [2.05, 4.69) is 9.84 Å². The van der Waals surface area contributed by atoms with Crippen LogP contribution in [0.15, 0.2) is 35.1 Å². The molecule has 0 fully saturated rings. The number of unbranched alkanes of at least 4 members (excludes halogenated alkanes) is 3. The number of phenolic OH excluding ortho intramolecular Hbond substituents is 1. The normalized spacial score (nSPS) is 17.7. The first-order valence-corrected chi connectivity index (χ1v) is 15.7. The zero-order valence-corrected chi connectivity index (χ0v) is 26.5. The summed E-state index contributed by atoms with van der Waals surface area (Å²) in [6.07, 6.45) is 5.19. The highest BCUT2D eigenvalue weighted by molar-refractivity contribution is 7.32. The van der Waals surface area contributed by atoms with Gasteiger partial charge in [-0.2, -0.15) is 0 Å². The second-order valence-electron chi connectivity index (χ2n) is 9.50. The number of aromatic hydroxyl groups is 1. The van der Waals surface area contributed by atoms with Crippen LogP contribution in [-0.2, 0) is 13.9 Å². The summed E-state index contributed by atoms with van der Waals surface area (Å²) in [7, 11) is -2.64. The van der Waals surface area contributed by atoms with Crippen LogP contribution in [0.25, 0.3) is 0 Å². The standard InChI is InChI=1S/C27H21Cl5NO9P/c28-14-10-13(26(36)33-7-3-1-2-4-8-41-43(39)40)20(30)19(18(14)27(37)38)17-11-5-6-16(34)21(31)24(11)42-25-12(17)9-15(29)23(35)22(25)32/h5-6,9-11,17H,1-4,7-8H2,(H3-,33,35,36,37,38,39,40)/p+1. The van der Waals surface area contributed by atoms with Crippen LogP contribution in [0.3, 0.4) is 0 Å². The first-order chi connectivity index (χ1) is 20.3. The number of carboxylic acids is 1. The Labute approximate surface area is 271 Å². The predicted octanol–water partition coefficient (Wildman–Crippen LogP) is 7.39. The van der Waals surface area contributed by atoms with Crippen molar-refractivity contribution < 1.29 is 43.3 Å². The first-order valence-electron chi connectivity index (χ1n) is 12.7. The molecule has 16 heteroatoms. The van der Waals surface area contributed by atoms with Crippen molar-refractivity contribution >= 4 is 83.9 Å². The topological polar surface area (TPSA) is 159 Å². The molecule has 228 valence electrons. The molecule has 43 heavy (non-hydrogen) atoms. The third kappa shape index (κ3) is 6.97. The highest BCUT2D eigenvalue weighted by atomic mass is 35.5. The van der Waals surface area contributed by atoms with Gasteiger partial charge in [0.1, 0.15) is 22.4 Å². The number of ether oxygens (including phenoxy) is 1. The van der Waals surface area contributed by atoms with Gasteiger partial charge in [0.2, 0.25) is 0 Å². The van der Waals surface area contributed by atoms with Gasteiger partial charge in [-0.25, -0.2) is 4.79 Å². The van der Waals surface area contributed by atoms with Crippen molar-refractivity contribution in [1.82, 2.24) is 5.32 Å². The molecule has 4 rings (SSSR count). The smallest absolute Gasteiger partial charge is 0.505 e. The zero-order valence-electron chi connectivity index (χ0n) is 21.8. The number of fused-ring (bicyclic) bond motifs is 2. The highest BCUT2D eigenvalue weighted by Gasteiger charge is 2.44. The lowest BCUT2D eigenvalue weighted by Gasteiger charge is -2.37. The van der Waals surface area contributed by atoms with E-state index in [0.717, 1.165) is 6.07 Å². The van der Waals surface area contributed by atoms with Gasteiger partial charge >= 0.3 is 14.2 Å². The van der Waals surface area contributed by atoms with E-state index in [1.54, 1.807) is 0 Å². The van der Waals surface area contributed by atoms with Crippen molar-refractivity contribution in [2.75, 3.05) is 13.2 Å². The molecule has 0 saturated carbocycles. The Kier molecular flexibility index (Phi) is 11.0. The number of hydrogen-bond donors (Lipinski definition) is 4. The van der Waals surface area contributed by atoms with Crippen LogP contribution in [0.4, 0.5) is 0 Å². The summed E-state index contributed by atoms with van der Waals surface area (Å²) in [5.41, 5.74) is -0.391. The number of nitrogens with one attached hydrogen (secondary N) is 1. The van der Waals surface area contributed by atoms with E-state index in [-0.39, 0.29) is 66.5 Å². The average molecular weight is 713 g/mol. The van der Waals surface area contributed by atoms with E-state index in [1.807, 2.05) is 0 Å². The second kappa shape index (κ2) is 14.1. The van der Waals surface area contributed by atoms with E-state index in [4.69, 9.17) is 67.6 Å². The monoisotopic (exact) mass is 710 g/mol. The molecule has 1 aliphatic carbocycles. The minimum atomic E-state index is -2.64. The van der Waals surface area contributed by atoms with Crippen LogP contribution in [0.2, 0.25) is 20.1 Å². The lowest BCUT2D eigenvalue weighted by Crippen LogP contribution is -2.30. The number of carbonyl (C=O) groups is 3. The number of hydrogen-bond acceptors (Lipinski definition) is 7. The number of aromatic carboxylic acids is 1. The van der Waals surface area contributed by atoms with Gasteiger partial charge < -0.3 is 20.3 Å². The number of ketones is 1. The minimum absolute atomic E-state index is 0.0649. The Hall–Kier alpha value is -2.40. The van der Waals surface area contributed by atoms with E-state index in [1.165, 1.54) is 18.2 Å². The van der Waals surface area contributed by atoms with Crippen molar-refractivity contribution in [3.05, 3.63) is 77.4 Å². The van der Waals surface area contributed by atoms with Crippen LogP contribution in [-0.4, -0.2) is 45.9 Å². The van der Waals surface area contributed by atoms with Crippen molar-refractivity contribution in [1.29, 1.82) is 0 Å². The van der Waals surface area contributed by atoms with Gasteiger partial charge in [-0.1, -0.05) is 76.9 Å². The van der Waals surface area contributed by atoms with Crippen LogP contribution in [0, 0.1) is 5.92 Å². The largest absolute Gasteiger partial charge is 0.694 e. The fraction of sp³-hybridized carbons (Fsp3) is 0.296. The molecule has 2 aromatic carbocycles. The lowest BCUT2D eigenvalue weighted by atomic mass is 9.74.